The van der Waals surface area contributed by atoms with Gasteiger partial charge in [0.15, 0.2) is 0 Å². The van der Waals surface area contributed by atoms with Crippen molar-refractivity contribution in [3.8, 4) is 0 Å². The van der Waals surface area contributed by atoms with Gasteiger partial charge in [-0.2, -0.15) is 0 Å². The molecule has 0 amide bonds. The van der Waals surface area contributed by atoms with Crippen molar-refractivity contribution >= 4 is 5.57 Å². The van der Waals surface area contributed by atoms with Crippen LogP contribution >= 0.6 is 0 Å². The first kappa shape index (κ1) is 28.0. The van der Waals surface area contributed by atoms with Crippen LogP contribution in [-0.4, -0.2) is 10.9 Å². The molecule has 0 N–H and O–H groups in total. The zero-order chi connectivity index (χ0) is 25.4. The number of rotatable bonds is 11. The molecule has 186 valence electrons. The molecule has 1 nitrogen and oxygen atoms in total. The van der Waals surface area contributed by atoms with Crippen molar-refractivity contribution in [2.24, 2.45) is 11.8 Å². The van der Waals surface area contributed by atoms with Crippen molar-refractivity contribution in [2.75, 3.05) is 0 Å². The monoisotopic (exact) mass is 459 g/mol. The second kappa shape index (κ2) is 13.0. The van der Waals surface area contributed by atoms with Crippen molar-refractivity contribution in [3.63, 3.8) is 0 Å². The molecule has 0 aromatic heterocycles. The number of benzene rings is 1. The van der Waals surface area contributed by atoms with Gasteiger partial charge in [-0.05, 0) is 88.0 Å². The van der Waals surface area contributed by atoms with E-state index in [0.717, 1.165) is 30.2 Å². The first-order valence-corrected chi connectivity index (χ1v) is 13.4. The van der Waals surface area contributed by atoms with Gasteiger partial charge in [-0.25, -0.2) is 0 Å². The predicted molar refractivity (Wildman–Crippen MR) is 153 cm³/mol. The zero-order valence-electron chi connectivity index (χ0n) is 23.3. The normalized spacial score (nSPS) is 21.9. The van der Waals surface area contributed by atoms with Crippen LogP contribution in [0.5, 0.6) is 0 Å². The van der Waals surface area contributed by atoms with Gasteiger partial charge in [-0.1, -0.05) is 101 Å². The van der Waals surface area contributed by atoms with E-state index in [2.05, 4.69) is 110 Å². The summed E-state index contributed by atoms with van der Waals surface area (Å²) >= 11 is 0. The van der Waals surface area contributed by atoms with Crippen LogP contribution in [0.2, 0.25) is 0 Å². The summed E-state index contributed by atoms with van der Waals surface area (Å²) in [4.78, 5) is 2.43. The summed E-state index contributed by atoms with van der Waals surface area (Å²) in [5.41, 5.74) is 10.1. The maximum absolute atomic E-state index is 4.54. The van der Waals surface area contributed by atoms with Crippen LogP contribution in [-0.2, 0) is 0 Å². The van der Waals surface area contributed by atoms with E-state index in [4.69, 9.17) is 0 Å². The van der Waals surface area contributed by atoms with Crippen LogP contribution in [0.3, 0.4) is 0 Å². The van der Waals surface area contributed by atoms with E-state index < -0.39 is 0 Å². The first-order valence-electron chi connectivity index (χ1n) is 13.4. The van der Waals surface area contributed by atoms with E-state index in [1.54, 1.807) is 0 Å². The van der Waals surface area contributed by atoms with Gasteiger partial charge >= 0.3 is 0 Å². The van der Waals surface area contributed by atoms with Crippen LogP contribution in [0.25, 0.3) is 5.57 Å². The number of nitrogens with zero attached hydrogens (tertiary/aromatic N) is 1. The second-order valence-electron chi connectivity index (χ2n) is 10.7. The average molecular weight is 460 g/mol. The molecule has 1 aromatic rings. The van der Waals surface area contributed by atoms with Crippen LogP contribution < -0.4 is 0 Å². The van der Waals surface area contributed by atoms with Gasteiger partial charge in [-0.15, -0.1) is 0 Å². The third-order valence-corrected chi connectivity index (χ3v) is 7.45. The molecule has 1 aliphatic rings. The minimum absolute atomic E-state index is 0.508. The topological polar surface area (TPSA) is 3.24 Å². The van der Waals surface area contributed by atoms with Crippen molar-refractivity contribution < 1.29 is 0 Å². The highest BCUT2D eigenvalue weighted by Gasteiger charge is 2.35. The van der Waals surface area contributed by atoms with Crippen molar-refractivity contribution in [3.05, 3.63) is 88.8 Å². The summed E-state index contributed by atoms with van der Waals surface area (Å²) < 4.78 is 0. The van der Waals surface area contributed by atoms with Gasteiger partial charge < -0.3 is 4.90 Å². The summed E-state index contributed by atoms with van der Waals surface area (Å²) in [5.74, 6) is 1.50. The molecule has 3 unspecified atom stereocenters. The zero-order valence-corrected chi connectivity index (χ0v) is 23.3. The van der Waals surface area contributed by atoms with Crippen molar-refractivity contribution in [1.29, 1.82) is 0 Å². The number of aryl methyl sites for hydroxylation is 1. The molecule has 1 saturated carbocycles. The molecule has 1 heteroatoms. The molecule has 1 aliphatic carbocycles. The summed E-state index contributed by atoms with van der Waals surface area (Å²) in [5, 5.41) is 0. The van der Waals surface area contributed by atoms with E-state index in [1.165, 1.54) is 59.1 Å². The lowest BCUT2D eigenvalue weighted by Crippen LogP contribution is -2.35. The standard InChI is InChI=1S/C33H49N/c1-11-13-30-21-27(8)33(22-30)34(23(3)4)29(10)26(7)19-25(6)20-32(14-12-2)28(9)31-17-15-24(5)16-18-31/h15-20,27,30,33H,3,10-14,21-22H2,1-2,4-9H3/b25-20+,26-19+,32-28+. The van der Waals surface area contributed by atoms with Crippen LogP contribution in [0.1, 0.15) is 98.1 Å². The average Bonchev–Trinajstić information content (AvgIpc) is 3.13. The molecule has 0 heterocycles. The Morgan fingerprint density at radius 2 is 1.62 bits per heavy atom. The first-order chi connectivity index (χ1) is 16.1. The van der Waals surface area contributed by atoms with E-state index in [1.807, 2.05) is 0 Å². The Kier molecular flexibility index (Phi) is 10.7. The molecule has 1 fully saturated rings. The highest BCUT2D eigenvalue weighted by atomic mass is 15.2. The largest absolute Gasteiger partial charge is 0.343 e. The molecule has 0 radical (unpaired) electrons. The lowest BCUT2D eigenvalue weighted by Gasteiger charge is -2.36. The van der Waals surface area contributed by atoms with E-state index in [0.29, 0.717) is 12.0 Å². The Hall–Kier alpha value is -2.28. The summed E-state index contributed by atoms with van der Waals surface area (Å²) in [7, 11) is 0. The van der Waals surface area contributed by atoms with E-state index in [9.17, 15) is 0 Å². The SMILES string of the molecule is C=C(C)N(C(=C)/C(C)=C/C(C)=C/C(CCC)=C(\C)c1ccc(C)cc1)C1CC(CCC)CC1C. The highest BCUT2D eigenvalue weighted by molar-refractivity contribution is 5.69. The summed E-state index contributed by atoms with van der Waals surface area (Å²) in [6.07, 6.45) is 12.1. The molecule has 34 heavy (non-hydrogen) atoms. The quantitative estimate of drug-likeness (QED) is 0.297. The molecule has 0 bridgehead atoms. The van der Waals surface area contributed by atoms with Gasteiger partial charge in [0, 0.05) is 17.4 Å². The fourth-order valence-corrected chi connectivity index (χ4v) is 5.63. The van der Waals surface area contributed by atoms with Crippen molar-refractivity contribution in [2.45, 2.75) is 100.0 Å². The van der Waals surface area contributed by atoms with Crippen LogP contribution in [0.15, 0.2) is 77.7 Å². The smallest absolute Gasteiger partial charge is 0.0367 e. The molecular formula is C33H49N. The fourth-order valence-electron chi connectivity index (χ4n) is 5.63. The van der Waals surface area contributed by atoms with Gasteiger partial charge in [0.1, 0.15) is 0 Å². The minimum Gasteiger partial charge on any atom is -0.343 e. The molecule has 0 aliphatic heterocycles. The predicted octanol–water partition coefficient (Wildman–Crippen LogP) is 10.0. The Morgan fingerprint density at radius 1 is 0.971 bits per heavy atom. The van der Waals surface area contributed by atoms with Crippen LogP contribution in [0, 0.1) is 18.8 Å². The minimum atomic E-state index is 0.508. The summed E-state index contributed by atoms with van der Waals surface area (Å²) in [6.45, 7) is 26.8. The molecular weight excluding hydrogens is 410 g/mol. The lowest BCUT2D eigenvalue weighted by molar-refractivity contribution is 0.268. The number of allylic oxidation sites excluding steroid dienone is 7. The van der Waals surface area contributed by atoms with Crippen molar-refractivity contribution in [1.82, 2.24) is 4.90 Å². The van der Waals surface area contributed by atoms with Gasteiger partial charge in [-0.3, -0.25) is 0 Å². The van der Waals surface area contributed by atoms with Gasteiger partial charge in [0.05, 0.1) is 0 Å². The third kappa shape index (κ3) is 7.36. The molecule has 2 rings (SSSR count). The lowest BCUT2D eigenvalue weighted by atomic mass is 9.95. The number of hydrogen-bond acceptors (Lipinski definition) is 1. The number of hydrogen-bond donors (Lipinski definition) is 0. The fraction of sp³-hybridized carbons (Fsp3) is 0.515. The highest BCUT2D eigenvalue weighted by Crippen LogP contribution is 2.40. The maximum Gasteiger partial charge on any atom is 0.0367 e. The molecule has 3 atom stereocenters. The van der Waals surface area contributed by atoms with E-state index in [-0.39, 0.29) is 0 Å². The molecule has 0 saturated heterocycles. The summed E-state index contributed by atoms with van der Waals surface area (Å²) in [6, 6.07) is 9.40. The molecule has 1 aromatic carbocycles. The Bertz CT molecular complexity index is 937. The second-order valence-corrected chi connectivity index (χ2v) is 10.7. The Morgan fingerprint density at radius 3 is 2.18 bits per heavy atom. The maximum atomic E-state index is 4.54. The van der Waals surface area contributed by atoms with Gasteiger partial charge in [0.25, 0.3) is 0 Å². The Balaban J connectivity index is 2.30. The van der Waals surface area contributed by atoms with E-state index >= 15 is 0 Å². The third-order valence-electron chi connectivity index (χ3n) is 7.45. The van der Waals surface area contributed by atoms with Crippen LogP contribution in [0.4, 0.5) is 0 Å². The molecule has 0 spiro atoms. The Labute approximate surface area is 211 Å². The van der Waals surface area contributed by atoms with Gasteiger partial charge in [0.2, 0.25) is 0 Å².